The zero-order chi connectivity index (χ0) is 13.0. The summed E-state index contributed by atoms with van der Waals surface area (Å²) in [6.45, 7) is 4.00. The number of nitrogens with one attached hydrogen (secondary N) is 1. The molecule has 1 unspecified atom stereocenters. The number of rotatable bonds is 5. The number of amidine groups is 1. The molecule has 0 bridgehead atoms. The van der Waals surface area contributed by atoms with Gasteiger partial charge in [0.05, 0.1) is 0 Å². The van der Waals surface area contributed by atoms with Gasteiger partial charge in [0.15, 0.2) is 0 Å². The van der Waals surface area contributed by atoms with Crippen LogP contribution in [0.4, 0.5) is 5.95 Å². The standard InChI is InChI=1S/C11H19N5S/c1-7-5-9(10(12)13)15-11(14-7)16(3)8(2)6-17-4/h5,8H,6H2,1-4H3,(H3,12,13). The number of hydrogen-bond acceptors (Lipinski definition) is 5. The van der Waals surface area contributed by atoms with E-state index in [1.165, 1.54) is 0 Å². The molecule has 0 saturated heterocycles. The van der Waals surface area contributed by atoms with Crippen molar-refractivity contribution < 1.29 is 0 Å². The van der Waals surface area contributed by atoms with E-state index in [4.69, 9.17) is 11.1 Å². The molecule has 0 fully saturated rings. The van der Waals surface area contributed by atoms with E-state index in [9.17, 15) is 0 Å². The highest BCUT2D eigenvalue weighted by Crippen LogP contribution is 2.13. The molecule has 3 N–H and O–H groups in total. The lowest BCUT2D eigenvalue weighted by atomic mass is 10.3. The van der Waals surface area contributed by atoms with E-state index in [2.05, 4.69) is 23.1 Å². The van der Waals surface area contributed by atoms with Crippen LogP contribution in [0, 0.1) is 12.3 Å². The van der Waals surface area contributed by atoms with Gasteiger partial charge in [-0.2, -0.15) is 11.8 Å². The molecule has 0 aliphatic rings. The quantitative estimate of drug-likeness (QED) is 0.610. The topological polar surface area (TPSA) is 78.9 Å². The number of thioether (sulfide) groups is 1. The molecule has 1 rings (SSSR count). The number of nitrogens with zero attached hydrogens (tertiary/aromatic N) is 3. The Bertz CT molecular complexity index is 407. The molecule has 5 nitrogen and oxygen atoms in total. The Labute approximate surface area is 106 Å². The lowest BCUT2D eigenvalue weighted by Crippen LogP contribution is -2.33. The predicted octanol–water partition coefficient (Wildman–Crippen LogP) is 1.26. The molecule has 1 heterocycles. The number of hydrogen-bond donors (Lipinski definition) is 2. The SMILES string of the molecule is CSCC(C)N(C)c1nc(C)cc(C(=N)N)n1. The molecule has 0 aliphatic heterocycles. The first-order valence-electron chi connectivity index (χ1n) is 5.37. The van der Waals surface area contributed by atoms with Crippen LogP contribution in [-0.4, -0.2) is 40.9 Å². The average Bonchev–Trinajstić information content (AvgIpc) is 2.27. The number of anilines is 1. The van der Waals surface area contributed by atoms with Crippen molar-refractivity contribution in [2.75, 3.05) is 24.0 Å². The van der Waals surface area contributed by atoms with Gasteiger partial charge in [0, 0.05) is 24.5 Å². The van der Waals surface area contributed by atoms with Crippen molar-refractivity contribution in [2.45, 2.75) is 19.9 Å². The zero-order valence-corrected chi connectivity index (χ0v) is 11.5. The summed E-state index contributed by atoms with van der Waals surface area (Å²) in [7, 11) is 1.96. The molecule has 94 valence electrons. The third kappa shape index (κ3) is 3.59. The largest absolute Gasteiger partial charge is 0.382 e. The molecule has 6 heteroatoms. The fourth-order valence-electron chi connectivity index (χ4n) is 1.40. The van der Waals surface area contributed by atoms with E-state index in [0.29, 0.717) is 17.7 Å². The second-order valence-electron chi connectivity index (χ2n) is 4.02. The van der Waals surface area contributed by atoms with Crippen molar-refractivity contribution in [3.63, 3.8) is 0 Å². The summed E-state index contributed by atoms with van der Waals surface area (Å²) < 4.78 is 0. The van der Waals surface area contributed by atoms with Gasteiger partial charge in [-0.15, -0.1) is 0 Å². The fourth-order valence-corrected chi connectivity index (χ4v) is 2.10. The van der Waals surface area contributed by atoms with E-state index < -0.39 is 0 Å². The van der Waals surface area contributed by atoms with Crippen molar-refractivity contribution in [3.8, 4) is 0 Å². The predicted molar refractivity (Wildman–Crippen MR) is 74.0 cm³/mol. The number of nitrogen functional groups attached to an aromatic ring is 1. The van der Waals surface area contributed by atoms with Crippen LogP contribution in [0.5, 0.6) is 0 Å². The van der Waals surface area contributed by atoms with Gasteiger partial charge in [-0.1, -0.05) is 0 Å². The van der Waals surface area contributed by atoms with Crippen LogP contribution >= 0.6 is 11.8 Å². The highest BCUT2D eigenvalue weighted by Gasteiger charge is 2.14. The Morgan fingerprint density at radius 2 is 2.24 bits per heavy atom. The fraction of sp³-hybridized carbons (Fsp3) is 0.545. The van der Waals surface area contributed by atoms with Crippen molar-refractivity contribution >= 4 is 23.5 Å². The van der Waals surface area contributed by atoms with Crippen LogP contribution in [0.25, 0.3) is 0 Å². The van der Waals surface area contributed by atoms with E-state index in [1.54, 1.807) is 17.8 Å². The summed E-state index contributed by atoms with van der Waals surface area (Å²) in [5.74, 6) is 1.60. The number of aryl methyl sites for hydroxylation is 1. The van der Waals surface area contributed by atoms with Gasteiger partial charge < -0.3 is 10.6 Å². The van der Waals surface area contributed by atoms with Crippen LogP contribution in [0.2, 0.25) is 0 Å². The van der Waals surface area contributed by atoms with Gasteiger partial charge in [-0.3, -0.25) is 5.41 Å². The first-order valence-corrected chi connectivity index (χ1v) is 6.77. The summed E-state index contributed by atoms with van der Waals surface area (Å²) in [6.07, 6.45) is 2.07. The lowest BCUT2D eigenvalue weighted by Gasteiger charge is -2.24. The van der Waals surface area contributed by atoms with Gasteiger partial charge in [0.25, 0.3) is 0 Å². The molecule has 1 atom stereocenters. The zero-order valence-electron chi connectivity index (χ0n) is 10.7. The van der Waals surface area contributed by atoms with Gasteiger partial charge in [-0.05, 0) is 26.2 Å². The molecule has 0 radical (unpaired) electrons. The van der Waals surface area contributed by atoms with Gasteiger partial charge in [0.2, 0.25) is 5.95 Å². The second-order valence-corrected chi connectivity index (χ2v) is 4.93. The Morgan fingerprint density at radius 1 is 1.59 bits per heavy atom. The Morgan fingerprint density at radius 3 is 2.76 bits per heavy atom. The maximum atomic E-state index is 7.42. The third-order valence-corrected chi connectivity index (χ3v) is 3.32. The molecule has 0 aliphatic carbocycles. The molecule has 1 aromatic heterocycles. The van der Waals surface area contributed by atoms with Crippen LogP contribution < -0.4 is 10.6 Å². The molecule has 0 amide bonds. The van der Waals surface area contributed by atoms with Crippen molar-refractivity contribution in [2.24, 2.45) is 5.73 Å². The maximum absolute atomic E-state index is 7.42. The molecule has 0 spiro atoms. The second kappa shape index (κ2) is 5.86. The summed E-state index contributed by atoms with van der Waals surface area (Å²) >= 11 is 1.78. The van der Waals surface area contributed by atoms with Gasteiger partial charge >= 0.3 is 0 Å². The maximum Gasteiger partial charge on any atom is 0.226 e. The molecule has 17 heavy (non-hydrogen) atoms. The number of aromatic nitrogens is 2. The third-order valence-electron chi connectivity index (χ3n) is 2.50. The highest BCUT2D eigenvalue weighted by atomic mass is 32.2. The minimum Gasteiger partial charge on any atom is -0.382 e. The first kappa shape index (κ1) is 13.8. The smallest absolute Gasteiger partial charge is 0.226 e. The van der Waals surface area contributed by atoms with Crippen LogP contribution in [0.15, 0.2) is 6.07 Å². The number of nitrogens with two attached hydrogens (primary N) is 1. The average molecular weight is 253 g/mol. The van der Waals surface area contributed by atoms with Crippen molar-refractivity contribution in [3.05, 3.63) is 17.5 Å². The van der Waals surface area contributed by atoms with E-state index in [-0.39, 0.29) is 5.84 Å². The summed E-state index contributed by atoms with van der Waals surface area (Å²) in [5.41, 5.74) is 6.76. The highest BCUT2D eigenvalue weighted by molar-refractivity contribution is 7.98. The van der Waals surface area contributed by atoms with Crippen molar-refractivity contribution in [1.82, 2.24) is 9.97 Å². The monoisotopic (exact) mass is 253 g/mol. The van der Waals surface area contributed by atoms with Crippen LogP contribution in [0.1, 0.15) is 18.3 Å². The Balaban J connectivity index is 3.01. The minimum atomic E-state index is -0.0253. The lowest BCUT2D eigenvalue weighted by molar-refractivity contribution is 0.735. The van der Waals surface area contributed by atoms with Crippen LogP contribution in [-0.2, 0) is 0 Å². The molecular weight excluding hydrogens is 234 g/mol. The summed E-state index contributed by atoms with van der Waals surface area (Å²) in [5, 5.41) is 7.42. The molecule has 0 aromatic carbocycles. The van der Waals surface area contributed by atoms with Crippen molar-refractivity contribution in [1.29, 1.82) is 5.41 Å². The minimum absolute atomic E-state index is 0.0253. The Kier molecular flexibility index (Phi) is 4.74. The summed E-state index contributed by atoms with van der Waals surface area (Å²) in [4.78, 5) is 10.7. The van der Waals surface area contributed by atoms with Crippen LogP contribution in [0.3, 0.4) is 0 Å². The normalized spacial score (nSPS) is 12.2. The first-order chi connectivity index (χ1) is 7.95. The molecular formula is C11H19N5S. The van der Waals surface area contributed by atoms with Gasteiger partial charge in [-0.25, -0.2) is 9.97 Å². The molecule has 1 aromatic rings. The van der Waals surface area contributed by atoms with Gasteiger partial charge in [0.1, 0.15) is 11.5 Å². The Hall–Kier alpha value is -1.30. The molecule has 0 saturated carbocycles. The van der Waals surface area contributed by atoms with E-state index in [0.717, 1.165) is 11.4 Å². The summed E-state index contributed by atoms with van der Waals surface area (Å²) in [6, 6.07) is 2.06. The van der Waals surface area contributed by atoms with E-state index >= 15 is 0 Å². The van der Waals surface area contributed by atoms with E-state index in [1.807, 2.05) is 18.9 Å².